The van der Waals surface area contributed by atoms with E-state index in [4.69, 9.17) is 9.84 Å². The van der Waals surface area contributed by atoms with Crippen LogP contribution in [0.2, 0.25) is 0 Å². The van der Waals surface area contributed by atoms with Gasteiger partial charge in [-0.15, -0.1) is 0 Å². The molecular weight excluding hydrogens is 316 g/mol. The second-order valence-corrected chi connectivity index (χ2v) is 6.68. The van der Waals surface area contributed by atoms with Crippen molar-refractivity contribution in [3.05, 3.63) is 24.3 Å². The smallest absolute Gasteiger partial charge is 0.330 e. The van der Waals surface area contributed by atoms with Crippen LogP contribution >= 0.6 is 0 Å². The Labute approximate surface area is 154 Å². The molecule has 0 saturated heterocycles. The second kappa shape index (κ2) is 18.8. The van der Waals surface area contributed by atoms with Crippen molar-refractivity contribution < 1.29 is 19.4 Å². The van der Waals surface area contributed by atoms with E-state index in [2.05, 4.69) is 40.3 Å². The summed E-state index contributed by atoms with van der Waals surface area (Å²) in [7, 11) is 0. The van der Waals surface area contributed by atoms with E-state index in [1.807, 2.05) is 0 Å². The first-order chi connectivity index (χ1) is 11.8. The van der Waals surface area contributed by atoms with Crippen LogP contribution in [0.3, 0.4) is 0 Å². The monoisotopic (exact) mass is 354 g/mol. The van der Waals surface area contributed by atoms with Crippen LogP contribution in [0.4, 0.5) is 0 Å². The maximum absolute atomic E-state index is 10.7. The number of rotatable bonds is 13. The number of hydrogen-bond acceptors (Lipinski definition) is 3. The van der Waals surface area contributed by atoms with E-state index in [0.717, 1.165) is 32.1 Å². The molecule has 0 aromatic carbocycles. The molecule has 0 rings (SSSR count). The van der Waals surface area contributed by atoms with Crippen LogP contribution in [0, 0.1) is 5.92 Å². The summed E-state index contributed by atoms with van der Waals surface area (Å²) in [5.41, 5.74) is 1.36. The molecule has 0 amide bonds. The Morgan fingerprint density at radius 3 is 2.28 bits per heavy atom. The van der Waals surface area contributed by atoms with Crippen molar-refractivity contribution in [3.8, 4) is 0 Å². The summed E-state index contributed by atoms with van der Waals surface area (Å²) in [5, 5.41) is 8.27. The highest BCUT2D eigenvalue weighted by atomic mass is 16.5. The quantitative estimate of drug-likeness (QED) is 0.193. The van der Waals surface area contributed by atoms with Crippen LogP contribution in [-0.2, 0) is 14.3 Å². The van der Waals surface area contributed by atoms with Crippen LogP contribution in [0.25, 0.3) is 0 Å². The fourth-order valence-corrected chi connectivity index (χ4v) is 2.10. The first-order valence-electron chi connectivity index (χ1n) is 9.47. The van der Waals surface area contributed by atoms with Gasteiger partial charge in [0.15, 0.2) is 0 Å². The molecule has 4 heteroatoms. The van der Waals surface area contributed by atoms with Crippen molar-refractivity contribution in [1.82, 2.24) is 0 Å². The standard InChI is InChI=1S/C13H22O2.C8H16O2/c1-5-13(14)15-10-9-12(4)8-6-7-11(2)3;1-2-3-4-5-6-7-8(9)10/h5,7,12H,1,6,8-10H2,2-4H3;2-7H2,1H3,(H,9,10). The summed E-state index contributed by atoms with van der Waals surface area (Å²) in [6, 6.07) is 0. The Morgan fingerprint density at radius 1 is 1.12 bits per heavy atom. The highest BCUT2D eigenvalue weighted by Crippen LogP contribution is 2.11. The zero-order valence-corrected chi connectivity index (χ0v) is 16.7. The SMILES string of the molecule is C=CC(=O)OCCC(C)CCC=C(C)C.CCCCCCCC(=O)O. The van der Waals surface area contributed by atoms with E-state index in [1.165, 1.54) is 30.9 Å². The molecule has 0 radical (unpaired) electrons. The van der Waals surface area contributed by atoms with Crippen molar-refractivity contribution in [1.29, 1.82) is 0 Å². The number of unbranched alkanes of at least 4 members (excludes halogenated alkanes) is 4. The molecule has 0 saturated carbocycles. The summed E-state index contributed by atoms with van der Waals surface area (Å²) < 4.78 is 4.92. The minimum absolute atomic E-state index is 0.327. The van der Waals surface area contributed by atoms with Crippen LogP contribution in [0.15, 0.2) is 24.3 Å². The van der Waals surface area contributed by atoms with Crippen LogP contribution < -0.4 is 0 Å². The number of carboxylic acid groups (broad SMARTS) is 1. The third-order valence-electron chi connectivity index (χ3n) is 3.73. The second-order valence-electron chi connectivity index (χ2n) is 6.68. The van der Waals surface area contributed by atoms with E-state index in [9.17, 15) is 9.59 Å². The number of ether oxygens (including phenoxy) is 1. The summed E-state index contributed by atoms with van der Waals surface area (Å²) >= 11 is 0. The highest BCUT2D eigenvalue weighted by Gasteiger charge is 2.02. The Kier molecular flexibility index (Phi) is 19.2. The maximum atomic E-state index is 10.7. The predicted octanol–water partition coefficient (Wildman–Crippen LogP) is 5.92. The number of allylic oxidation sites excluding steroid dienone is 2. The molecule has 1 unspecified atom stereocenters. The Balaban J connectivity index is 0. The lowest BCUT2D eigenvalue weighted by Crippen LogP contribution is -2.06. The highest BCUT2D eigenvalue weighted by molar-refractivity contribution is 5.81. The molecule has 0 heterocycles. The molecule has 0 aromatic heterocycles. The lowest BCUT2D eigenvalue weighted by Gasteiger charge is -2.09. The summed E-state index contributed by atoms with van der Waals surface area (Å²) in [6.45, 7) is 12.4. The van der Waals surface area contributed by atoms with Crippen LogP contribution in [0.1, 0.15) is 85.5 Å². The number of esters is 1. The zero-order valence-electron chi connectivity index (χ0n) is 16.7. The first kappa shape index (κ1) is 25.7. The molecule has 1 atom stereocenters. The van der Waals surface area contributed by atoms with Crippen molar-refractivity contribution in [2.75, 3.05) is 6.61 Å². The van der Waals surface area contributed by atoms with Crippen molar-refractivity contribution in [2.45, 2.75) is 85.5 Å². The van der Waals surface area contributed by atoms with Gasteiger partial charge in [0.1, 0.15) is 0 Å². The van der Waals surface area contributed by atoms with Gasteiger partial charge in [-0.1, -0.05) is 57.8 Å². The zero-order chi connectivity index (χ0) is 19.5. The molecule has 146 valence electrons. The number of carbonyl (C=O) groups is 2. The molecule has 4 nitrogen and oxygen atoms in total. The minimum atomic E-state index is -0.670. The average molecular weight is 355 g/mol. The Bertz CT molecular complexity index is 381. The van der Waals surface area contributed by atoms with Crippen molar-refractivity contribution >= 4 is 11.9 Å². The molecule has 25 heavy (non-hydrogen) atoms. The van der Waals surface area contributed by atoms with Crippen molar-refractivity contribution in [3.63, 3.8) is 0 Å². The fourth-order valence-electron chi connectivity index (χ4n) is 2.10. The molecule has 0 aromatic rings. The van der Waals surface area contributed by atoms with Gasteiger partial charge in [-0.2, -0.15) is 0 Å². The molecule has 0 bridgehead atoms. The Morgan fingerprint density at radius 2 is 1.76 bits per heavy atom. The third-order valence-corrected chi connectivity index (χ3v) is 3.73. The van der Waals surface area contributed by atoms with Crippen LogP contribution in [-0.4, -0.2) is 23.7 Å². The molecule has 1 N–H and O–H groups in total. The van der Waals surface area contributed by atoms with Gasteiger partial charge in [0.25, 0.3) is 0 Å². The molecule has 0 spiro atoms. The third kappa shape index (κ3) is 24.8. The van der Waals surface area contributed by atoms with E-state index in [-0.39, 0.29) is 5.97 Å². The number of aliphatic carboxylic acids is 1. The number of carbonyl (C=O) groups excluding carboxylic acids is 1. The van der Waals surface area contributed by atoms with Gasteiger partial charge in [0.2, 0.25) is 0 Å². The Hall–Kier alpha value is -1.58. The van der Waals surface area contributed by atoms with Gasteiger partial charge >= 0.3 is 11.9 Å². The predicted molar refractivity (Wildman–Crippen MR) is 105 cm³/mol. The first-order valence-corrected chi connectivity index (χ1v) is 9.47. The normalized spacial score (nSPS) is 10.9. The fraction of sp³-hybridized carbons (Fsp3) is 0.714. The van der Waals surface area contributed by atoms with Crippen molar-refractivity contribution in [2.24, 2.45) is 5.92 Å². The largest absolute Gasteiger partial charge is 0.481 e. The summed E-state index contributed by atoms with van der Waals surface area (Å²) in [5.74, 6) is -0.402. The van der Waals surface area contributed by atoms with Crippen LogP contribution in [0.5, 0.6) is 0 Å². The van der Waals surface area contributed by atoms with E-state index < -0.39 is 5.97 Å². The minimum Gasteiger partial charge on any atom is -0.481 e. The van der Waals surface area contributed by atoms with E-state index in [0.29, 0.717) is 18.9 Å². The topological polar surface area (TPSA) is 63.6 Å². The lowest BCUT2D eigenvalue weighted by atomic mass is 10.0. The number of hydrogen-bond donors (Lipinski definition) is 1. The molecule has 0 aliphatic carbocycles. The van der Waals surface area contributed by atoms with E-state index in [1.54, 1.807) is 0 Å². The van der Waals surface area contributed by atoms with Gasteiger partial charge in [0.05, 0.1) is 6.61 Å². The van der Waals surface area contributed by atoms with Gasteiger partial charge in [-0.25, -0.2) is 4.79 Å². The maximum Gasteiger partial charge on any atom is 0.330 e. The average Bonchev–Trinajstić information content (AvgIpc) is 2.54. The van der Waals surface area contributed by atoms with Gasteiger partial charge < -0.3 is 9.84 Å². The summed E-state index contributed by atoms with van der Waals surface area (Å²) in [6.07, 6.45) is 12.5. The number of carboxylic acids is 1. The molecule has 0 aliphatic rings. The van der Waals surface area contributed by atoms with E-state index >= 15 is 0 Å². The lowest BCUT2D eigenvalue weighted by molar-refractivity contribution is -0.138. The van der Waals surface area contributed by atoms with Gasteiger partial charge in [-0.05, 0) is 45.4 Å². The molecular formula is C21H38O4. The molecule has 0 aliphatic heterocycles. The molecule has 0 fully saturated rings. The summed E-state index contributed by atoms with van der Waals surface area (Å²) in [4.78, 5) is 20.8. The van der Waals surface area contributed by atoms with Gasteiger partial charge in [0, 0.05) is 12.5 Å². The van der Waals surface area contributed by atoms with Gasteiger partial charge in [-0.3, -0.25) is 4.79 Å².